The van der Waals surface area contributed by atoms with E-state index in [0.717, 1.165) is 21.0 Å². The quantitative estimate of drug-likeness (QED) is 0.551. The molecule has 2 aromatic heterocycles. The summed E-state index contributed by atoms with van der Waals surface area (Å²) in [5, 5.41) is 10.4. The number of para-hydroxylation sites is 1. The smallest absolute Gasteiger partial charge is 0.244 e. The second-order valence-corrected chi connectivity index (χ2v) is 6.32. The molecule has 0 saturated heterocycles. The van der Waals surface area contributed by atoms with Crippen molar-refractivity contribution >= 4 is 45.8 Å². The molecule has 0 spiro atoms. The minimum Gasteiger partial charge on any atom is -0.351 e. The molecule has 2 N–H and O–H groups in total. The molecule has 0 aliphatic heterocycles. The van der Waals surface area contributed by atoms with E-state index in [1.807, 2.05) is 35.8 Å². The monoisotopic (exact) mass is 345 g/mol. The zero-order valence-corrected chi connectivity index (χ0v) is 14.1. The van der Waals surface area contributed by atoms with Gasteiger partial charge in [-0.15, -0.1) is 11.3 Å². The average molecular weight is 345 g/mol. The normalized spacial score (nSPS) is 11.3. The van der Waals surface area contributed by atoms with Crippen LogP contribution in [0.4, 0.5) is 0 Å². The number of carbonyl (C=O) groups excluding carboxylic acids is 1. The maximum atomic E-state index is 11.9. The first-order valence-electron chi connectivity index (χ1n) is 7.07. The summed E-state index contributed by atoms with van der Waals surface area (Å²) in [6.45, 7) is 2.93. The van der Waals surface area contributed by atoms with E-state index in [1.54, 1.807) is 17.4 Å². The van der Waals surface area contributed by atoms with Crippen molar-refractivity contribution in [2.75, 3.05) is 6.54 Å². The maximum absolute atomic E-state index is 11.9. The van der Waals surface area contributed by atoms with Crippen LogP contribution >= 0.6 is 23.6 Å². The van der Waals surface area contributed by atoms with Crippen molar-refractivity contribution in [1.82, 2.24) is 25.1 Å². The third kappa shape index (κ3) is 3.72. The Kier molecular flexibility index (Phi) is 4.63. The second-order valence-electron chi connectivity index (χ2n) is 4.87. The van der Waals surface area contributed by atoms with Gasteiger partial charge < -0.3 is 9.88 Å². The number of hydrogen-bond donors (Lipinski definition) is 2. The predicted octanol–water partition coefficient (Wildman–Crippen LogP) is 2.69. The molecule has 118 valence electrons. The van der Waals surface area contributed by atoms with Gasteiger partial charge in [0.15, 0.2) is 4.77 Å². The highest BCUT2D eigenvalue weighted by Gasteiger charge is 2.03. The van der Waals surface area contributed by atoms with E-state index >= 15 is 0 Å². The van der Waals surface area contributed by atoms with Crippen LogP contribution in [0.3, 0.4) is 0 Å². The van der Waals surface area contributed by atoms with Crippen molar-refractivity contribution in [2.24, 2.45) is 0 Å². The summed E-state index contributed by atoms with van der Waals surface area (Å²) in [6.07, 6.45) is 3.23. The summed E-state index contributed by atoms with van der Waals surface area (Å²) in [6, 6.07) is 7.90. The molecular formula is C15H15N5OS2. The number of nitrogens with one attached hydrogen (secondary N) is 2. The fourth-order valence-corrected chi connectivity index (χ4v) is 3.26. The van der Waals surface area contributed by atoms with E-state index < -0.39 is 0 Å². The lowest BCUT2D eigenvalue weighted by Crippen LogP contribution is -2.25. The minimum atomic E-state index is -0.156. The highest BCUT2D eigenvalue weighted by atomic mass is 32.1. The van der Waals surface area contributed by atoms with Gasteiger partial charge in [-0.3, -0.25) is 9.89 Å². The lowest BCUT2D eigenvalue weighted by atomic mass is 10.3. The van der Waals surface area contributed by atoms with E-state index in [0.29, 0.717) is 17.9 Å². The predicted molar refractivity (Wildman–Crippen MR) is 93.8 cm³/mol. The van der Waals surface area contributed by atoms with E-state index in [2.05, 4.69) is 20.5 Å². The Balaban J connectivity index is 1.55. The summed E-state index contributed by atoms with van der Waals surface area (Å²) in [5.41, 5.74) is 0.947. The number of aromatic amines is 1. The van der Waals surface area contributed by atoms with Gasteiger partial charge in [-0.1, -0.05) is 12.1 Å². The molecule has 3 rings (SSSR count). The third-order valence-electron chi connectivity index (χ3n) is 3.27. The fraction of sp³-hybridized carbons (Fsp3) is 0.200. The van der Waals surface area contributed by atoms with Crippen LogP contribution in [-0.4, -0.2) is 32.2 Å². The summed E-state index contributed by atoms with van der Waals surface area (Å²) < 4.78 is 3.51. The van der Waals surface area contributed by atoms with E-state index in [9.17, 15) is 4.79 Å². The van der Waals surface area contributed by atoms with Crippen LogP contribution in [0, 0.1) is 11.7 Å². The Morgan fingerprint density at radius 1 is 1.48 bits per heavy atom. The number of fused-ring (bicyclic) bond motifs is 1. The summed E-state index contributed by atoms with van der Waals surface area (Å²) in [5.74, 6) is 0.645. The first-order valence-corrected chi connectivity index (χ1v) is 8.29. The Morgan fingerprint density at radius 2 is 2.30 bits per heavy atom. The number of hydrogen-bond acceptors (Lipinski definition) is 5. The zero-order chi connectivity index (χ0) is 16.2. The molecule has 0 atom stereocenters. The molecule has 6 nitrogen and oxygen atoms in total. The highest BCUT2D eigenvalue weighted by Crippen LogP contribution is 2.22. The fourth-order valence-electron chi connectivity index (χ4n) is 2.12. The number of nitrogens with zero attached hydrogens (tertiary/aromatic N) is 3. The van der Waals surface area contributed by atoms with Crippen LogP contribution in [0.25, 0.3) is 16.3 Å². The molecule has 3 aromatic rings. The van der Waals surface area contributed by atoms with Crippen LogP contribution in [-0.2, 0) is 11.3 Å². The van der Waals surface area contributed by atoms with Crippen LogP contribution in [0.15, 0.2) is 30.3 Å². The Bertz CT molecular complexity index is 888. The second kappa shape index (κ2) is 6.84. The van der Waals surface area contributed by atoms with Crippen LogP contribution in [0.2, 0.25) is 0 Å². The molecule has 8 heteroatoms. The third-order valence-corrected chi connectivity index (χ3v) is 4.58. The van der Waals surface area contributed by atoms with E-state index in [-0.39, 0.29) is 5.91 Å². The number of H-pyrrole nitrogens is 1. The number of thiazole rings is 1. The van der Waals surface area contributed by atoms with Crippen molar-refractivity contribution in [3.8, 4) is 0 Å². The van der Waals surface area contributed by atoms with Crippen molar-refractivity contribution in [1.29, 1.82) is 0 Å². The standard InChI is InChI=1S/C15H15N5OS2/c1-10-18-19-15(22)20(10)9-8-16-13(21)6-7-14-17-11-4-2-3-5-12(11)23-14/h2-7H,8-9H2,1H3,(H,16,21)(H,19,22). The Hall–Kier alpha value is -2.32. The zero-order valence-electron chi connectivity index (χ0n) is 12.4. The van der Waals surface area contributed by atoms with Crippen molar-refractivity contribution < 1.29 is 4.79 Å². The van der Waals surface area contributed by atoms with E-state index in [4.69, 9.17) is 12.2 Å². The topological polar surface area (TPSA) is 75.6 Å². The van der Waals surface area contributed by atoms with Gasteiger partial charge in [0.2, 0.25) is 5.91 Å². The molecule has 0 bridgehead atoms. The summed E-state index contributed by atoms with van der Waals surface area (Å²) in [7, 11) is 0. The first kappa shape index (κ1) is 15.6. The molecule has 23 heavy (non-hydrogen) atoms. The van der Waals surface area contributed by atoms with Crippen molar-refractivity contribution in [3.05, 3.63) is 45.9 Å². The van der Waals surface area contributed by atoms with Crippen molar-refractivity contribution in [3.63, 3.8) is 0 Å². The van der Waals surface area contributed by atoms with Gasteiger partial charge in [0.05, 0.1) is 10.2 Å². The lowest BCUT2D eigenvalue weighted by Gasteiger charge is -2.04. The molecule has 0 radical (unpaired) electrons. The molecular weight excluding hydrogens is 330 g/mol. The van der Waals surface area contributed by atoms with Gasteiger partial charge in [-0.2, -0.15) is 5.10 Å². The SMILES string of the molecule is Cc1n[nH]c(=S)n1CCNC(=O)C=Cc1nc2ccccc2s1. The molecule has 0 aliphatic rings. The maximum Gasteiger partial charge on any atom is 0.244 e. The molecule has 0 fully saturated rings. The van der Waals surface area contributed by atoms with E-state index in [1.165, 1.54) is 6.08 Å². The number of carbonyl (C=O) groups is 1. The van der Waals surface area contributed by atoms with Crippen molar-refractivity contribution in [2.45, 2.75) is 13.5 Å². The molecule has 0 unspecified atom stereocenters. The van der Waals surface area contributed by atoms with Crippen LogP contribution in [0.5, 0.6) is 0 Å². The number of benzene rings is 1. The molecule has 2 heterocycles. The largest absolute Gasteiger partial charge is 0.351 e. The molecule has 0 saturated carbocycles. The van der Waals surface area contributed by atoms with Gasteiger partial charge in [-0.25, -0.2) is 4.98 Å². The van der Waals surface area contributed by atoms with Gasteiger partial charge in [0.1, 0.15) is 10.8 Å². The minimum absolute atomic E-state index is 0.156. The van der Waals surface area contributed by atoms with Crippen LogP contribution in [0.1, 0.15) is 10.8 Å². The number of rotatable bonds is 5. The van der Waals surface area contributed by atoms with Gasteiger partial charge in [-0.05, 0) is 37.4 Å². The molecule has 1 aromatic carbocycles. The van der Waals surface area contributed by atoms with Crippen LogP contribution < -0.4 is 5.32 Å². The molecule has 1 amide bonds. The number of aromatic nitrogens is 4. The Labute approximate surface area is 141 Å². The lowest BCUT2D eigenvalue weighted by molar-refractivity contribution is -0.116. The Morgan fingerprint density at radius 3 is 3.04 bits per heavy atom. The first-order chi connectivity index (χ1) is 11.1. The average Bonchev–Trinajstić information content (AvgIpc) is 3.10. The van der Waals surface area contributed by atoms with Gasteiger partial charge in [0.25, 0.3) is 0 Å². The number of aryl methyl sites for hydroxylation is 1. The summed E-state index contributed by atoms with van der Waals surface area (Å²) in [4.78, 5) is 16.3. The number of amides is 1. The summed E-state index contributed by atoms with van der Waals surface area (Å²) >= 11 is 6.67. The highest BCUT2D eigenvalue weighted by molar-refractivity contribution is 7.71. The van der Waals surface area contributed by atoms with Gasteiger partial charge in [0, 0.05) is 19.2 Å². The van der Waals surface area contributed by atoms with Gasteiger partial charge >= 0.3 is 0 Å². The molecule has 0 aliphatic carbocycles.